The van der Waals surface area contributed by atoms with Crippen LogP contribution in [0.25, 0.3) is 0 Å². The molecule has 2 aromatic rings. The van der Waals surface area contributed by atoms with Crippen molar-refractivity contribution in [2.24, 2.45) is 5.84 Å². The Morgan fingerprint density at radius 2 is 1.68 bits per heavy atom. The van der Waals surface area contributed by atoms with Gasteiger partial charge in [0.15, 0.2) is 6.29 Å². The lowest BCUT2D eigenvalue weighted by Crippen LogP contribution is -2.43. The van der Waals surface area contributed by atoms with Crippen LogP contribution in [0.4, 0.5) is 0 Å². The average Bonchev–Trinajstić information content (AvgIpc) is 2.74. The molecule has 0 spiro atoms. The maximum absolute atomic E-state index is 12.4. The Bertz CT molecular complexity index is 751. The molecule has 0 heterocycles. The first-order chi connectivity index (χ1) is 13.6. The molecule has 0 fully saturated rings. The van der Waals surface area contributed by atoms with Gasteiger partial charge in [0.25, 0.3) is 11.8 Å². The number of carbonyl (C=O) groups excluding carboxylic acids is 2. The van der Waals surface area contributed by atoms with Crippen LogP contribution in [0.2, 0.25) is 0 Å². The summed E-state index contributed by atoms with van der Waals surface area (Å²) in [5.74, 6) is 6.13. The van der Waals surface area contributed by atoms with Crippen molar-refractivity contribution in [2.75, 3.05) is 32.3 Å². The number of rotatable bonds is 10. The molecule has 7 nitrogen and oxygen atoms in total. The van der Waals surface area contributed by atoms with Crippen LogP contribution in [0.5, 0.6) is 5.75 Å². The number of methoxy groups -OCH3 is 2. The van der Waals surface area contributed by atoms with Crippen molar-refractivity contribution in [3.63, 3.8) is 0 Å². The standard InChI is InChI=1S/C20H24N2O5S/c1-25-20(26-2)16-10-8-15(9-11-16)19(24)22(21)18(23)14-28-13-12-27-17-6-4-3-5-7-17/h3-11,20H,12-14,21H2,1-2H3. The maximum Gasteiger partial charge on any atom is 0.274 e. The number of hydrogen-bond acceptors (Lipinski definition) is 7. The van der Waals surface area contributed by atoms with Gasteiger partial charge in [0.1, 0.15) is 5.75 Å². The second-order valence-electron chi connectivity index (χ2n) is 5.71. The van der Waals surface area contributed by atoms with Crippen LogP contribution in [0, 0.1) is 0 Å². The number of thioether (sulfide) groups is 1. The number of nitrogens with zero attached hydrogens (tertiary/aromatic N) is 1. The van der Waals surface area contributed by atoms with Gasteiger partial charge in [-0.05, 0) is 24.3 Å². The van der Waals surface area contributed by atoms with Crippen molar-refractivity contribution in [1.29, 1.82) is 0 Å². The highest BCUT2D eigenvalue weighted by Crippen LogP contribution is 2.18. The van der Waals surface area contributed by atoms with Gasteiger partial charge in [0, 0.05) is 31.1 Å². The molecule has 8 heteroatoms. The molecule has 2 amide bonds. The Kier molecular flexibility index (Phi) is 8.96. The summed E-state index contributed by atoms with van der Waals surface area (Å²) in [6.07, 6.45) is -0.519. The van der Waals surface area contributed by atoms with Gasteiger partial charge in [-0.1, -0.05) is 30.3 Å². The van der Waals surface area contributed by atoms with E-state index in [4.69, 9.17) is 20.1 Å². The normalized spacial score (nSPS) is 10.7. The first-order valence-electron chi connectivity index (χ1n) is 8.60. The summed E-state index contributed by atoms with van der Waals surface area (Å²) < 4.78 is 15.9. The van der Waals surface area contributed by atoms with E-state index in [-0.39, 0.29) is 5.75 Å². The number of carbonyl (C=O) groups is 2. The van der Waals surface area contributed by atoms with Crippen molar-refractivity contribution in [1.82, 2.24) is 5.01 Å². The molecule has 2 aromatic carbocycles. The van der Waals surface area contributed by atoms with E-state index in [1.807, 2.05) is 30.3 Å². The van der Waals surface area contributed by atoms with Crippen LogP contribution >= 0.6 is 11.8 Å². The third kappa shape index (κ3) is 6.35. The molecule has 0 aliphatic rings. The van der Waals surface area contributed by atoms with Crippen LogP contribution in [-0.4, -0.2) is 49.2 Å². The van der Waals surface area contributed by atoms with Crippen LogP contribution in [-0.2, 0) is 14.3 Å². The highest BCUT2D eigenvalue weighted by Gasteiger charge is 2.20. The molecule has 0 radical (unpaired) electrons. The van der Waals surface area contributed by atoms with E-state index >= 15 is 0 Å². The number of benzene rings is 2. The van der Waals surface area contributed by atoms with Gasteiger partial charge in [0.2, 0.25) is 0 Å². The molecule has 0 unspecified atom stereocenters. The number of amides is 2. The predicted octanol–water partition coefficient (Wildman–Crippen LogP) is 2.63. The minimum Gasteiger partial charge on any atom is -0.493 e. The summed E-state index contributed by atoms with van der Waals surface area (Å²) in [6, 6.07) is 16.0. The van der Waals surface area contributed by atoms with Crippen LogP contribution < -0.4 is 10.6 Å². The Hall–Kier alpha value is -2.39. The van der Waals surface area contributed by atoms with Crippen molar-refractivity contribution >= 4 is 23.6 Å². The van der Waals surface area contributed by atoms with Gasteiger partial charge in [-0.15, -0.1) is 11.8 Å². The fourth-order valence-corrected chi connectivity index (χ4v) is 3.03. The van der Waals surface area contributed by atoms with Crippen LogP contribution in [0.1, 0.15) is 22.2 Å². The van der Waals surface area contributed by atoms with Crippen LogP contribution in [0.15, 0.2) is 54.6 Å². The molecule has 150 valence electrons. The average molecular weight is 404 g/mol. The van der Waals surface area contributed by atoms with Gasteiger partial charge in [-0.2, -0.15) is 0 Å². The van der Waals surface area contributed by atoms with E-state index in [9.17, 15) is 9.59 Å². The topological polar surface area (TPSA) is 91.1 Å². The van der Waals surface area contributed by atoms with E-state index in [0.29, 0.717) is 22.9 Å². The minimum atomic E-state index is -0.566. The monoisotopic (exact) mass is 404 g/mol. The van der Waals surface area contributed by atoms with E-state index < -0.39 is 18.1 Å². The highest BCUT2D eigenvalue weighted by atomic mass is 32.2. The summed E-state index contributed by atoms with van der Waals surface area (Å²) in [7, 11) is 3.05. The van der Waals surface area contributed by atoms with E-state index in [1.54, 1.807) is 24.3 Å². The third-order valence-electron chi connectivity index (χ3n) is 3.81. The number of nitrogens with two attached hydrogens (primary N) is 1. The molecule has 28 heavy (non-hydrogen) atoms. The SMILES string of the molecule is COC(OC)c1ccc(C(=O)N(N)C(=O)CSCCOc2ccccc2)cc1. The van der Waals surface area contributed by atoms with Gasteiger partial charge in [-0.3, -0.25) is 9.59 Å². The first-order valence-corrected chi connectivity index (χ1v) is 9.75. The molecular weight excluding hydrogens is 380 g/mol. The zero-order valence-corrected chi connectivity index (χ0v) is 16.7. The summed E-state index contributed by atoms with van der Waals surface area (Å²) >= 11 is 1.35. The van der Waals surface area contributed by atoms with Crippen molar-refractivity contribution in [3.8, 4) is 5.75 Å². The Balaban J connectivity index is 1.77. The van der Waals surface area contributed by atoms with E-state index in [1.165, 1.54) is 26.0 Å². The molecule has 0 aromatic heterocycles. The lowest BCUT2D eigenvalue weighted by Gasteiger charge is -2.16. The minimum absolute atomic E-state index is 0.0912. The fourth-order valence-electron chi connectivity index (χ4n) is 2.37. The second-order valence-corrected chi connectivity index (χ2v) is 6.81. The third-order valence-corrected chi connectivity index (χ3v) is 4.72. The van der Waals surface area contributed by atoms with E-state index in [0.717, 1.165) is 11.3 Å². The number of hydrazine groups is 1. The van der Waals surface area contributed by atoms with Gasteiger partial charge in [0.05, 0.1) is 12.4 Å². The van der Waals surface area contributed by atoms with E-state index in [2.05, 4.69) is 0 Å². The van der Waals surface area contributed by atoms with Gasteiger partial charge in [-0.25, -0.2) is 10.9 Å². The lowest BCUT2D eigenvalue weighted by atomic mass is 10.1. The zero-order chi connectivity index (χ0) is 20.4. The van der Waals surface area contributed by atoms with Crippen molar-refractivity contribution in [2.45, 2.75) is 6.29 Å². The first kappa shape index (κ1) is 21.9. The molecule has 0 atom stereocenters. The number of para-hydroxylation sites is 1. The van der Waals surface area contributed by atoms with Crippen molar-refractivity contribution in [3.05, 3.63) is 65.7 Å². The Labute approximate surface area is 168 Å². The number of imide groups is 1. The van der Waals surface area contributed by atoms with Gasteiger partial charge < -0.3 is 14.2 Å². The summed E-state index contributed by atoms with van der Waals surface area (Å²) in [5.41, 5.74) is 1.06. The zero-order valence-electron chi connectivity index (χ0n) is 15.9. The maximum atomic E-state index is 12.4. The Morgan fingerprint density at radius 1 is 1.04 bits per heavy atom. The summed E-state index contributed by atoms with van der Waals surface area (Å²) in [4.78, 5) is 24.5. The smallest absolute Gasteiger partial charge is 0.274 e. The van der Waals surface area contributed by atoms with Crippen molar-refractivity contribution < 1.29 is 23.8 Å². The molecule has 0 saturated heterocycles. The molecule has 2 N–H and O–H groups in total. The lowest BCUT2D eigenvalue weighted by molar-refractivity contribution is -0.126. The molecule has 0 bridgehead atoms. The summed E-state index contributed by atoms with van der Waals surface area (Å²) in [5, 5.41) is 0.643. The molecule has 2 rings (SSSR count). The van der Waals surface area contributed by atoms with Crippen LogP contribution in [0.3, 0.4) is 0 Å². The fraction of sp³-hybridized carbons (Fsp3) is 0.300. The number of hydrogen-bond donors (Lipinski definition) is 1. The molecule has 0 aliphatic heterocycles. The largest absolute Gasteiger partial charge is 0.493 e. The highest BCUT2D eigenvalue weighted by molar-refractivity contribution is 7.99. The van der Waals surface area contributed by atoms with Gasteiger partial charge >= 0.3 is 0 Å². The molecular formula is C20H24N2O5S. The predicted molar refractivity (Wildman–Crippen MR) is 108 cm³/mol. The quantitative estimate of drug-likeness (QED) is 0.214. The summed E-state index contributed by atoms with van der Waals surface area (Å²) in [6.45, 7) is 0.460. The second kappa shape index (κ2) is 11.5. The Morgan fingerprint density at radius 3 is 2.29 bits per heavy atom. The molecule has 0 aliphatic carbocycles. The molecule has 0 saturated carbocycles. The number of ether oxygens (including phenoxy) is 3.